The molecule has 17 heavy (non-hydrogen) atoms. The molecule has 0 unspecified atom stereocenters. The van der Waals surface area contributed by atoms with Crippen molar-refractivity contribution in [2.45, 2.75) is 26.3 Å². The highest BCUT2D eigenvalue weighted by Gasteiger charge is 2.21. The van der Waals surface area contributed by atoms with Crippen LogP contribution >= 0.6 is 0 Å². The van der Waals surface area contributed by atoms with E-state index in [1.165, 1.54) is 6.92 Å². The van der Waals surface area contributed by atoms with Crippen molar-refractivity contribution < 1.29 is 9.53 Å². The first-order valence-corrected chi connectivity index (χ1v) is 5.60. The lowest BCUT2D eigenvalue weighted by Gasteiger charge is -2.31. The average Bonchev–Trinajstić information content (AvgIpc) is 2.26. The van der Waals surface area contributed by atoms with Crippen molar-refractivity contribution in [1.82, 2.24) is 9.88 Å². The highest BCUT2D eigenvalue weighted by molar-refractivity contribution is 5.94. The number of hydrogen-bond acceptors (Lipinski definition) is 4. The number of pyridine rings is 1. The van der Waals surface area contributed by atoms with Gasteiger partial charge in [0, 0.05) is 23.4 Å². The Morgan fingerprint density at radius 3 is 2.65 bits per heavy atom. The lowest BCUT2D eigenvalue weighted by atomic mass is 10.1. The van der Waals surface area contributed by atoms with Crippen LogP contribution in [0.3, 0.4) is 0 Å². The molecule has 1 aromatic heterocycles. The van der Waals surface area contributed by atoms with Crippen molar-refractivity contribution in [3.8, 4) is 5.88 Å². The van der Waals surface area contributed by atoms with E-state index in [4.69, 9.17) is 4.74 Å². The number of likely N-dealkylation sites (N-methyl/N-ethyl adjacent to an activating group) is 1. The van der Waals surface area contributed by atoms with Crippen LogP contribution in [0.15, 0.2) is 18.3 Å². The molecule has 0 aliphatic heterocycles. The molecule has 0 saturated heterocycles. The van der Waals surface area contributed by atoms with Gasteiger partial charge in [0.1, 0.15) is 6.61 Å². The molecule has 0 fully saturated rings. The first-order chi connectivity index (χ1) is 7.83. The Bertz CT molecular complexity index is 400. The number of rotatable bonds is 5. The summed E-state index contributed by atoms with van der Waals surface area (Å²) in [6.07, 6.45) is 1.59. The van der Waals surface area contributed by atoms with Crippen LogP contribution in [0, 0.1) is 0 Å². The number of Topliss-reactive ketones (excluding diaryl/α,β-unsaturated/α-hetero) is 1. The Balaban J connectivity index is 2.70. The predicted octanol–water partition coefficient (Wildman–Crippen LogP) is 2.00. The first kappa shape index (κ1) is 13.6. The SMILES string of the molecule is CC(=O)c1ccnc(OCC(C)(C)N(C)C)c1. The van der Waals surface area contributed by atoms with Gasteiger partial charge in [0.05, 0.1) is 0 Å². The van der Waals surface area contributed by atoms with Crippen LogP contribution in [0.1, 0.15) is 31.1 Å². The second-order valence-corrected chi connectivity index (χ2v) is 4.93. The van der Waals surface area contributed by atoms with Crippen LogP contribution < -0.4 is 4.74 Å². The van der Waals surface area contributed by atoms with Gasteiger partial charge in [0.25, 0.3) is 0 Å². The van der Waals surface area contributed by atoms with Crippen molar-refractivity contribution >= 4 is 5.78 Å². The van der Waals surface area contributed by atoms with Crippen LogP contribution in [0.5, 0.6) is 5.88 Å². The number of nitrogens with zero attached hydrogens (tertiary/aromatic N) is 2. The van der Waals surface area contributed by atoms with Crippen LogP contribution in [0.4, 0.5) is 0 Å². The molecule has 0 radical (unpaired) electrons. The molecular weight excluding hydrogens is 216 g/mol. The highest BCUT2D eigenvalue weighted by atomic mass is 16.5. The largest absolute Gasteiger partial charge is 0.476 e. The van der Waals surface area contributed by atoms with Crippen molar-refractivity contribution in [3.05, 3.63) is 23.9 Å². The van der Waals surface area contributed by atoms with Gasteiger partial charge in [-0.05, 0) is 40.9 Å². The summed E-state index contributed by atoms with van der Waals surface area (Å²) in [6.45, 7) is 6.22. The van der Waals surface area contributed by atoms with Crippen LogP contribution in [0.25, 0.3) is 0 Å². The molecule has 0 amide bonds. The zero-order chi connectivity index (χ0) is 13.1. The minimum Gasteiger partial charge on any atom is -0.476 e. The van der Waals surface area contributed by atoms with Crippen molar-refractivity contribution in [3.63, 3.8) is 0 Å². The summed E-state index contributed by atoms with van der Waals surface area (Å²) in [5, 5.41) is 0. The minimum atomic E-state index is -0.0755. The van der Waals surface area contributed by atoms with Gasteiger partial charge in [-0.25, -0.2) is 4.98 Å². The summed E-state index contributed by atoms with van der Waals surface area (Å²) in [7, 11) is 4.01. The van der Waals surface area contributed by atoms with Gasteiger partial charge in [0.2, 0.25) is 5.88 Å². The fraction of sp³-hybridized carbons (Fsp3) is 0.538. The third-order valence-electron chi connectivity index (χ3n) is 2.93. The normalized spacial score (nSPS) is 11.6. The van der Waals surface area contributed by atoms with Crippen molar-refractivity contribution in [2.75, 3.05) is 20.7 Å². The van der Waals surface area contributed by atoms with E-state index in [9.17, 15) is 4.79 Å². The number of ketones is 1. The molecule has 1 aromatic rings. The molecule has 0 N–H and O–H groups in total. The Morgan fingerprint density at radius 2 is 2.12 bits per heavy atom. The molecule has 1 rings (SSSR count). The molecular formula is C13H20N2O2. The first-order valence-electron chi connectivity index (χ1n) is 5.60. The molecule has 0 spiro atoms. The third kappa shape index (κ3) is 3.82. The molecule has 4 heteroatoms. The van der Waals surface area contributed by atoms with Crippen LogP contribution in [-0.2, 0) is 0 Å². The Morgan fingerprint density at radius 1 is 1.47 bits per heavy atom. The standard InChI is InChI=1S/C13H20N2O2/c1-10(16)11-6-7-14-12(8-11)17-9-13(2,3)15(4)5/h6-8H,9H2,1-5H3. The van der Waals surface area contributed by atoms with E-state index in [0.29, 0.717) is 18.1 Å². The van der Waals surface area contributed by atoms with Gasteiger partial charge in [-0.1, -0.05) is 0 Å². The van der Waals surface area contributed by atoms with Crippen molar-refractivity contribution in [2.24, 2.45) is 0 Å². The fourth-order valence-corrected chi connectivity index (χ4v) is 1.09. The summed E-state index contributed by atoms with van der Waals surface area (Å²) in [5.74, 6) is 0.511. The quantitative estimate of drug-likeness (QED) is 0.733. The lowest BCUT2D eigenvalue weighted by molar-refractivity contribution is 0.101. The van der Waals surface area contributed by atoms with Gasteiger partial charge in [0.15, 0.2) is 5.78 Å². The Labute approximate surface area is 103 Å². The molecule has 0 bridgehead atoms. The monoisotopic (exact) mass is 236 g/mol. The second-order valence-electron chi connectivity index (χ2n) is 4.93. The van der Waals surface area contributed by atoms with E-state index >= 15 is 0 Å². The van der Waals surface area contributed by atoms with Gasteiger partial charge in [-0.3, -0.25) is 4.79 Å². The summed E-state index contributed by atoms with van der Waals surface area (Å²) >= 11 is 0. The number of aromatic nitrogens is 1. The van der Waals surface area contributed by atoms with E-state index in [1.54, 1.807) is 18.3 Å². The Hall–Kier alpha value is -1.42. The molecule has 1 heterocycles. The minimum absolute atomic E-state index is 0.0177. The van der Waals surface area contributed by atoms with E-state index < -0.39 is 0 Å². The van der Waals surface area contributed by atoms with Gasteiger partial charge >= 0.3 is 0 Å². The molecule has 94 valence electrons. The second kappa shape index (κ2) is 5.27. The van der Waals surface area contributed by atoms with Gasteiger partial charge < -0.3 is 9.64 Å². The maximum Gasteiger partial charge on any atom is 0.213 e. The highest BCUT2D eigenvalue weighted by Crippen LogP contribution is 2.15. The fourth-order valence-electron chi connectivity index (χ4n) is 1.09. The molecule has 0 aliphatic rings. The average molecular weight is 236 g/mol. The third-order valence-corrected chi connectivity index (χ3v) is 2.93. The van der Waals surface area contributed by atoms with Crippen molar-refractivity contribution in [1.29, 1.82) is 0 Å². The molecule has 0 aromatic carbocycles. The zero-order valence-corrected chi connectivity index (χ0v) is 11.2. The molecule has 4 nitrogen and oxygen atoms in total. The maximum atomic E-state index is 11.2. The summed E-state index contributed by atoms with van der Waals surface area (Å²) < 4.78 is 5.62. The maximum absolute atomic E-state index is 11.2. The molecule has 0 aliphatic carbocycles. The zero-order valence-electron chi connectivity index (χ0n) is 11.2. The lowest BCUT2D eigenvalue weighted by Crippen LogP contribution is -2.43. The van der Waals surface area contributed by atoms with E-state index in [1.807, 2.05) is 14.1 Å². The van der Waals surface area contributed by atoms with E-state index in [2.05, 4.69) is 23.7 Å². The molecule has 0 saturated carbocycles. The number of ether oxygens (including phenoxy) is 1. The van der Waals surface area contributed by atoms with Crippen LogP contribution in [-0.4, -0.2) is 41.9 Å². The Kier molecular flexibility index (Phi) is 4.23. The number of carbonyl (C=O) groups is 1. The summed E-state index contributed by atoms with van der Waals surface area (Å²) in [6, 6.07) is 3.36. The summed E-state index contributed by atoms with van der Waals surface area (Å²) in [4.78, 5) is 17.4. The smallest absolute Gasteiger partial charge is 0.213 e. The van der Waals surface area contributed by atoms with Gasteiger partial charge in [-0.2, -0.15) is 0 Å². The predicted molar refractivity (Wildman–Crippen MR) is 67.5 cm³/mol. The number of carbonyl (C=O) groups excluding carboxylic acids is 1. The van der Waals surface area contributed by atoms with E-state index in [-0.39, 0.29) is 11.3 Å². The van der Waals surface area contributed by atoms with Crippen LogP contribution in [0.2, 0.25) is 0 Å². The summed E-state index contributed by atoms with van der Waals surface area (Å²) in [5.41, 5.74) is 0.547. The van der Waals surface area contributed by atoms with E-state index in [0.717, 1.165) is 0 Å². The van der Waals surface area contributed by atoms with Gasteiger partial charge in [-0.15, -0.1) is 0 Å². The molecule has 0 atom stereocenters. The topological polar surface area (TPSA) is 42.4 Å². The number of hydrogen-bond donors (Lipinski definition) is 0.